The summed E-state index contributed by atoms with van der Waals surface area (Å²) in [5, 5.41) is 3.02. The first-order valence-electron chi connectivity index (χ1n) is 8.59. The number of urea groups is 1. The van der Waals surface area contributed by atoms with Crippen molar-refractivity contribution in [2.75, 3.05) is 26.4 Å². The number of hydrogen-bond acceptors (Lipinski definition) is 4. The first-order chi connectivity index (χ1) is 10.6. The predicted molar refractivity (Wildman–Crippen MR) is 82.3 cm³/mol. The molecule has 0 unspecified atom stereocenters. The van der Waals surface area contributed by atoms with E-state index in [4.69, 9.17) is 4.74 Å². The Morgan fingerprint density at radius 3 is 2.55 bits per heavy atom. The van der Waals surface area contributed by atoms with Crippen molar-refractivity contribution in [3.63, 3.8) is 0 Å². The van der Waals surface area contributed by atoms with Gasteiger partial charge in [-0.05, 0) is 19.8 Å². The van der Waals surface area contributed by atoms with E-state index in [2.05, 4.69) is 10.2 Å². The summed E-state index contributed by atoms with van der Waals surface area (Å²) in [4.78, 5) is 28.8. The van der Waals surface area contributed by atoms with Crippen LogP contribution in [0.2, 0.25) is 0 Å². The standard InChI is InChI=1S/C16H27N3O3/c1-13-11-18(9-10-22-13)12-19-14(20)16(17-15(19)21)7-5-3-2-4-6-8-16/h13H,2-12H2,1H3,(H,17,21)/t13-/m1/s1. The van der Waals surface area contributed by atoms with Gasteiger partial charge in [0.1, 0.15) is 5.54 Å². The molecule has 1 atom stereocenters. The Bertz CT molecular complexity index is 432. The maximum Gasteiger partial charge on any atom is 0.326 e. The molecule has 3 rings (SSSR count). The first kappa shape index (κ1) is 15.7. The fraction of sp³-hybridized carbons (Fsp3) is 0.875. The van der Waals surface area contributed by atoms with E-state index in [9.17, 15) is 9.59 Å². The lowest BCUT2D eigenvalue weighted by atomic mass is 9.84. The van der Waals surface area contributed by atoms with E-state index in [0.717, 1.165) is 51.6 Å². The van der Waals surface area contributed by atoms with Gasteiger partial charge in [-0.2, -0.15) is 0 Å². The zero-order chi connectivity index (χ0) is 15.6. The van der Waals surface area contributed by atoms with Crippen molar-refractivity contribution >= 4 is 11.9 Å². The number of nitrogens with one attached hydrogen (secondary N) is 1. The van der Waals surface area contributed by atoms with Crippen LogP contribution in [0.3, 0.4) is 0 Å². The monoisotopic (exact) mass is 309 g/mol. The molecule has 1 spiro atoms. The Hall–Kier alpha value is -1.14. The second-order valence-corrected chi connectivity index (χ2v) is 6.91. The summed E-state index contributed by atoms with van der Waals surface area (Å²) in [6.45, 7) is 4.61. The Morgan fingerprint density at radius 1 is 1.18 bits per heavy atom. The Kier molecular flexibility index (Phi) is 4.68. The van der Waals surface area contributed by atoms with Gasteiger partial charge in [-0.1, -0.05) is 32.1 Å². The molecule has 1 aliphatic carbocycles. The molecule has 1 saturated carbocycles. The van der Waals surface area contributed by atoms with Crippen molar-refractivity contribution in [3.8, 4) is 0 Å². The van der Waals surface area contributed by atoms with Crippen LogP contribution in [-0.2, 0) is 9.53 Å². The zero-order valence-corrected chi connectivity index (χ0v) is 13.5. The van der Waals surface area contributed by atoms with Crippen molar-refractivity contribution in [2.24, 2.45) is 0 Å². The van der Waals surface area contributed by atoms with Crippen LogP contribution in [0.5, 0.6) is 0 Å². The number of morpholine rings is 1. The van der Waals surface area contributed by atoms with Gasteiger partial charge in [-0.15, -0.1) is 0 Å². The number of amides is 3. The van der Waals surface area contributed by atoms with Crippen molar-refractivity contribution < 1.29 is 14.3 Å². The smallest absolute Gasteiger partial charge is 0.326 e. The molecule has 2 aliphatic heterocycles. The summed E-state index contributed by atoms with van der Waals surface area (Å²) in [5.74, 6) is -0.0152. The molecule has 0 radical (unpaired) electrons. The quantitative estimate of drug-likeness (QED) is 0.789. The third-order valence-electron chi connectivity index (χ3n) is 5.12. The lowest BCUT2D eigenvalue weighted by molar-refractivity contribution is -0.134. The Morgan fingerprint density at radius 2 is 1.86 bits per heavy atom. The predicted octanol–water partition coefficient (Wildman–Crippen LogP) is 1.70. The number of carbonyl (C=O) groups excluding carboxylic acids is 2. The number of carbonyl (C=O) groups is 2. The van der Waals surface area contributed by atoms with Crippen LogP contribution in [0.15, 0.2) is 0 Å². The van der Waals surface area contributed by atoms with E-state index in [1.807, 2.05) is 6.92 Å². The highest BCUT2D eigenvalue weighted by molar-refractivity contribution is 6.07. The highest BCUT2D eigenvalue weighted by atomic mass is 16.5. The topological polar surface area (TPSA) is 61.9 Å². The van der Waals surface area contributed by atoms with Crippen LogP contribution in [0.4, 0.5) is 4.79 Å². The van der Waals surface area contributed by atoms with Crippen molar-refractivity contribution in [2.45, 2.75) is 63.5 Å². The molecular weight excluding hydrogens is 282 g/mol. The van der Waals surface area contributed by atoms with Crippen LogP contribution in [0, 0.1) is 0 Å². The molecule has 6 heteroatoms. The molecule has 124 valence electrons. The molecule has 3 amide bonds. The minimum atomic E-state index is -0.630. The molecule has 0 aromatic heterocycles. The summed E-state index contributed by atoms with van der Waals surface area (Å²) in [5.41, 5.74) is -0.630. The molecule has 0 aromatic carbocycles. The van der Waals surface area contributed by atoms with Gasteiger partial charge in [-0.25, -0.2) is 9.69 Å². The SMILES string of the molecule is C[C@@H]1CN(CN2C(=O)NC3(CCCCCCC3)C2=O)CCO1. The third-order valence-corrected chi connectivity index (χ3v) is 5.12. The number of rotatable bonds is 2. The van der Waals surface area contributed by atoms with E-state index < -0.39 is 5.54 Å². The average molecular weight is 309 g/mol. The molecule has 2 heterocycles. The highest BCUT2D eigenvalue weighted by Gasteiger charge is 2.50. The zero-order valence-electron chi connectivity index (χ0n) is 13.5. The van der Waals surface area contributed by atoms with E-state index in [1.165, 1.54) is 11.3 Å². The molecule has 22 heavy (non-hydrogen) atoms. The molecule has 3 fully saturated rings. The van der Waals surface area contributed by atoms with E-state index in [1.54, 1.807) is 0 Å². The second-order valence-electron chi connectivity index (χ2n) is 6.91. The summed E-state index contributed by atoms with van der Waals surface area (Å²) >= 11 is 0. The van der Waals surface area contributed by atoms with Crippen LogP contribution >= 0.6 is 0 Å². The average Bonchev–Trinajstić information content (AvgIpc) is 2.69. The van der Waals surface area contributed by atoms with E-state index in [0.29, 0.717) is 13.3 Å². The van der Waals surface area contributed by atoms with E-state index >= 15 is 0 Å². The van der Waals surface area contributed by atoms with Crippen molar-refractivity contribution in [1.82, 2.24) is 15.1 Å². The van der Waals surface area contributed by atoms with Gasteiger partial charge >= 0.3 is 6.03 Å². The molecule has 6 nitrogen and oxygen atoms in total. The van der Waals surface area contributed by atoms with Crippen LogP contribution in [-0.4, -0.2) is 59.7 Å². The number of imide groups is 1. The molecule has 0 aromatic rings. The van der Waals surface area contributed by atoms with Gasteiger partial charge in [-0.3, -0.25) is 9.69 Å². The minimum Gasteiger partial charge on any atom is -0.376 e. The largest absolute Gasteiger partial charge is 0.376 e. The highest BCUT2D eigenvalue weighted by Crippen LogP contribution is 2.32. The third kappa shape index (κ3) is 3.13. The summed E-state index contributed by atoms with van der Waals surface area (Å²) in [7, 11) is 0. The summed E-state index contributed by atoms with van der Waals surface area (Å²) < 4.78 is 5.52. The Balaban J connectivity index is 1.67. The van der Waals surface area contributed by atoms with Crippen molar-refractivity contribution in [1.29, 1.82) is 0 Å². The van der Waals surface area contributed by atoms with Crippen LogP contribution in [0.25, 0.3) is 0 Å². The van der Waals surface area contributed by atoms with Gasteiger partial charge in [0.2, 0.25) is 0 Å². The minimum absolute atomic E-state index is 0.0152. The van der Waals surface area contributed by atoms with E-state index in [-0.39, 0.29) is 18.0 Å². The van der Waals surface area contributed by atoms with Gasteiger partial charge in [0.05, 0.1) is 19.4 Å². The number of nitrogens with zero attached hydrogens (tertiary/aromatic N) is 2. The Labute approximate surface area is 132 Å². The fourth-order valence-electron chi connectivity index (χ4n) is 3.87. The van der Waals surface area contributed by atoms with Gasteiger partial charge in [0.15, 0.2) is 0 Å². The molecule has 1 N–H and O–H groups in total. The van der Waals surface area contributed by atoms with Crippen LogP contribution < -0.4 is 5.32 Å². The summed E-state index contributed by atoms with van der Waals surface area (Å²) in [6.07, 6.45) is 7.33. The number of hydrogen-bond donors (Lipinski definition) is 1. The first-order valence-corrected chi connectivity index (χ1v) is 8.59. The lowest BCUT2D eigenvalue weighted by Gasteiger charge is -2.33. The van der Waals surface area contributed by atoms with Gasteiger partial charge in [0.25, 0.3) is 5.91 Å². The lowest BCUT2D eigenvalue weighted by Crippen LogP contribution is -2.50. The molecule has 3 aliphatic rings. The summed E-state index contributed by atoms with van der Waals surface area (Å²) in [6, 6.07) is -0.218. The van der Waals surface area contributed by atoms with Gasteiger partial charge in [0, 0.05) is 13.1 Å². The molecule has 0 bridgehead atoms. The fourth-order valence-corrected chi connectivity index (χ4v) is 3.87. The van der Waals surface area contributed by atoms with Crippen molar-refractivity contribution in [3.05, 3.63) is 0 Å². The maximum atomic E-state index is 12.9. The maximum absolute atomic E-state index is 12.9. The normalized spacial score (nSPS) is 30.2. The molecule has 2 saturated heterocycles. The molecular formula is C16H27N3O3. The second kappa shape index (κ2) is 6.54. The van der Waals surface area contributed by atoms with Gasteiger partial charge < -0.3 is 10.1 Å². The number of ether oxygens (including phenoxy) is 1. The van der Waals surface area contributed by atoms with Crippen LogP contribution in [0.1, 0.15) is 51.9 Å².